The number of carboxylic acids is 1. The zero-order valence-corrected chi connectivity index (χ0v) is 12.5. The Morgan fingerprint density at radius 3 is 2.25 bits per heavy atom. The summed E-state index contributed by atoms with van der Waals surface area (Å²) in [6.07, 6.45) is -0.161. The molecule has 7 heteroatoms. The molecule has 0 rings (SSSR count). The predicted molar refractivity (Wildman–Crippen MR) is 73.1 cm³/mol. The van der Waals surface area contributed by atoms with E-state index >= 15 is 0 Å². The van der Waals surface area contributed by atoms with E-state index in [9.17, 15) is 19.5 Å². The topological polar surface area (TPSA) is 105 Å². The molecule has 7 nitrogen and oxygen atoms in total. The molecule has 0 aromatic rings. The number of ether oxygens (including phenoxy) is 1. The maximum Gasteiger partial charge on any atom is 0.310 e. The number of methoxy groups -OCH3 is 1. The van der Waals surface area contributed by atoms with Crippen molar-refractivity contribution < 1.29 is 24.2 Å². The largest absolute Gasteiger partial charge is 0.481 e. The highest BCUT2D eigenvalue weighted by atomic mass is 16.5. The number of carbonyl (C=O) groups is 3. The third kappa shape index (κ3) is 6.01. The van der Waals surface area contributed by atoms with Gasteiger partial charge in [0, 0.05) is 20.1 Å². The molecule has 0 aromatic carbocycles. The van der Waals surface area contributed by atoms with E-state index in [2.05, 4.69) is 10.6 Å². The summed E-state index contributed by atoms with van der Waals surface area (Å²) in [5.41, 5.74) is -1.14. The van der Waals surface area contributed by atoms with Crippen molar-refractivity contribution in [3.8, 4) is 0 Å². The van der Waals surface area contributed by atoms with Crippen LogP contribution in [0.2, 0.25) is 0 Å². The van der Waals surface area contributed by atoms with Crippen molar-refractivity contribution in [2.24, 2.45) is 11.3 Å². The van der Waals surface area contributed by atoms with Gasteiger partial charge in [0.2, 0.25) is 11.8 Å². The Labute approximate surface area is 119 Å². The van der Waals surface area contributed by atoms with Crippen LogP contribution in [0.1, 0.15) is 27.2 Å². The van der Waals surface area contributed by atoms with Gasteiger partial charge >= 0.3 is 5.97 Å². The van der Waals surface area contributed by atoms with Gasteiger partial charge in [-0.05, 0) is 12.8 Å². The van der Waals surface area contributed by atoms with Gasteiger partial charge in [-0.25, -0.2) is 0 Å². The van der Waals surface area contributed by atoms with Crippen LogP contribution in [0.4, 0.5) is 0 Å². The van der Waals surface area contributed by atoms with E-state index in [1.807, 2.05) is 0 Å². The molecule has 0 aromatic heterocycles. The second-order valence-electron chi connectivity index (χ2n) is 5.17. The van der Waals surface area contributed by atoms with E-state index in [0.29, 0.717) is 13.2 Å². The molecule has 2 amide bonds. The Morgan fingerprint density at radius 1 is 1.20 bits per heavy atom. The SMILES string of the molecule is COCCNC(=O)CNC(=O)CC(C)(C(=O)O)C(C)C. The summed E-state index contributed by atoms with van der Waals surface area (Å²) >= 11 is 0. The van der Waals surface area contributed by atoms with Gasteiger partial charge in [0.15, 0.2) is 0 Å². The van der Waals surface area contributed by atoms with Crippen molar-refractivity contribution in [2.45, 2.75) is 27.2 Å². The lowest BCUT2D eigenvalue weighted by Crippen LogP contribution is -2.42. The number of rotatable bonds is 9. The first-order chi connectivity index (χ1) is 9.24. The third-order valence-electron chi connectivity index (χ3n) is 3.37. The molecule has 0 heterocycles. The molecule has 1 unspecified atom stereocenters. The first-order valence-corrected chi connectivity index (χ1v) is 6.49. The highest BCUT2D eigenvalue weighted by molar-refractivity contribution is 5.88. The minimum absolute atomic E-state index is 0.161. The zero-order valence-electron chi connectivity index (χ0n) is 12.5. The molecule has 0 aliphatic heterocycles. The smallest absolute Gasteiger partial charge is 0.310 e. The van der Waals surface area contributed by atoms with Crippen molar-refractivity contribution in [1.29, 1.82) is 0 Å². The van der Waals surface area contributed by atoms with Crippen molar-refractivity contribution >= 4 is 17.8 Å². The predicted octanol–water partition coefficient (Wildman–Crippen LogP) is 0.00220. The van der Waals surface area contributed by atoms with Crippen LogP contribution in [0.25, 0.3) is 0 Å². The number of carboxylic acid groups (broad SMARTS) is 1. The van der Waals surface area contributed by atoms with Crippen molar-refractivity contribution in [2.75, 3.05) is 26.8 Å². The van der Waals surface area contributed by atoms with Gasteiger partial charge < -0.3 is 20.5 Å². The first kappa shape index (κ1) is 18.4. The van der Waals surface area contributed by atoms with Crippen LogP contribution in [-0.2, 0) is 19.1 Å². The van der Waals surface area contributed by atoms with Crippen LogP contribution in [0.3, 0.4) is 0 Å². The zero-order chi connectivity index (χ0) is 15.8. The second kappa shape index (κ2) is 8.52. The molecule has 0 spiro atoms. The Balaban J connectivity index is 4.22. The molecule has 0 saturated carbocycles. The Morgan fingerprint density at radius 2 is 1.80 bits per heavy atom. The molecule has 20 heavy (non-hydrogen) atoms. The summed E-state index contributed by atoms with van der Waals surface area (Å²) in [6.45, 7) is 5.61. The molecule has 0 fully saturated rings. The quantitative estimate of drug-likeness (QED) is 0.518. The standard InChI is InChI=1S/C13H24N2O5/c1-9(2)13(3,12(18)19)7-10(16)15-8-11(17)14-5-6-20-4/h9H,5-8H2,1-4H3,(H,14,17)(H,15,16)(H,18,19). The molecule has 0 aliphatic rings. The number of nitrogens with one attached hydrogen (secondary N) is 2. The van der Waals surface area contributed by atoms with Gasteiger partial charge in [-0.2, -0.15) is 0 Å². The number of carbonyl (C=O) groups excluding carboxylic acids is 2. The van der Waals surface area contributed by atoms with E-state index in [1.54, 1.807) is 13.8 Å². The van der Waals surface area contributed by atoms with E-state index < -0.39 is 17.3 Å². The van der Waals surface area contributed by atoms with Gasteiger partial charge in [-0.1, -0.05) is 13.8 Å². The molecular formula is C13H24N2O5. The van der Waals surface area contributed by atoms with E-state index in [1.165, 1.54) is 14.0 Å². The van der Waals surface area contributed by atoms with Crippen LogP contribution in [0.15, 0.2) is 0 Å². The fourth-order valence-corrected chi connectivity index (χ4v) is 1.46. The molecule has 0 saturated heterocycles. The van der Waals surface area contributed by atoms with Crippen molar-refractivity contribution in [3.05, 3.63) is 0 Å². The van der Waals surface area contributed by atoms with Crippen LogP contribution in [-0.4, -0.2) is 49.7 Å². The monoisotopic (exact) mass is 288 g/mol. The van der Waals surface area contributed by atoms with E-state index in [0.717, 1.165) is 0 Å². The van der Waals surface area contributed by atoms with Crippen LogP contribution >= 0.6 is 0 Å². The van der Waals surface area contributed by atoms with Crippen molar-refractivity contribution in [3.63, 3.8) is 0 Å². The van der Waals surface area contributed by atoms with Gasteiger partial charge in [-0.3, -0.25) is 14.4 Å². The van der Waals surface area contributed by atoms with Gasteiger partial charge in [0.25, 0.3) is 0 Å². The molecule has 1 atom stereocenters. The summed E-state index contributed by atoms with van der Waals surface area (Å²) in [7, 11) is 1.52. The molecule has 116 valence electrons. The summed E-state index contributed by atoms with van der Waals surface area (Å²) in [4.78, 5) is 34.3. The van der Waals surface area contributed by atoms with Gasteiger partial charge in [0.05, 0.1) is 18.6 Å². The van der Waals surface area contributed by atoms with Crippen LogP contribution < -0.4 is 10.6 Å². The lowest BCUT2D eigenvalue weighted by atomic mass is 9.76. The minimum atomic E-state index is -1.14. The number of hydrogen-bond donors (Lipinski definition) is 3. The van der Waals surface area contributed by atoms with Gasteiger partial charge in [0.1, 0.15) is 0 Å². The van der Waals surface area contributed by atoms with E-state index in [-0.39, 0.29) is 24.8 Å². The molecular weight excluding hydrogens is 264 g/mol. The number of amides is 2. The summed E-state index contributed by atoms with van der Waals surface area (Å²) < 4.78 is 4.77. The van der Waals surface area contributed by atoms with Crippen LogP contribution in [0.5, 0.6) is 0 Å². The summed E-state index contributed by atoms with van der Waals surface area (Å²) in [6, 6.07) is 0. The minimum Gasteiger partial charge on any atom is -0.481 e. The Bertz CT molecular complexity index is 357. The number of aliphatic carboxylic acids is 1. The normalized spacial score (nSPS) is 13.7. The highest BCUT2D eigenvalue weighted by Crippen LogP contribution is 2.31. The first-order valence-electron chi connectivity index (χ1n) is 6.49. The maximum atomic E-state index is 11.7. The molecule has 0 aliphatic carbocycles. The number of hydrogen-bond acceptors (Lipinski definition) is 4. The van der Waals surface area contributed by atoms with E-state index in [4.69, 9.17) is 4.74 Å². The van der Waals surface area contributed by atoms with Crippen LogP contribution in [0, 0.1) is 11.3 Å². The average Bonchev–Trinajstić information content (AvgIpc) is 2.36. The fraction of sp³-hybridized carbons (Fsp3) is 0.769. The maximum absolute atomic E-state index is 11.7. The van der Waals surface area contributed by atoms with Gasteiger partial charge in [-0.15, -0.1) is 0 Å². The highest BCUT2D eigenvalue weighted by Gasteiger charge is 2.38. The lowest BCUT2D eigenvalue weighted by Gasteiger charge is -2.28. The molecule has 3 N–H and O–H groups in total. The Hall–Kier alpha value is -1.63. The average molecular weight is 288 g/mol. The lowest BCUT2D eigenvalue weighted by molar-refractivity contribution is -0.153. The Kier molecular flexibility index (Phi) is 7.83. The fourth-order valence-electron chi connectivity index (χ4n) is 1.46. The summed E-state index contributed by atoms with van der Waals surface area (Å²) in [5, 5.41) is 14.2. The van der Waals surface area contributed by atoms with Crippen molar-refractivity contribution in [1.82, 2.24) is 10.6 Å². The third-order valence-corrected chi connectivity index (χ3v) is 3.37. The molecule has 0 bridgehead atoms. The summed E-state index contributed by atoms with van der Waals surface area (Å²) in [5.74, 6) is -2.00. The second-order valence-corrected chi connectivity index (χ2v) is 5.17. The molecule has 0 radical (unpaired) electrons.